The Kier molecular flexibility index (Phi) is 7.77. The number of carbonyl (C=O) groups excluding carboxylic acids is 3. The summed E-state index contributed by atoms with van der Waals surface area (Å²) in [7, 11) is 1.50. The van der Waals surface area contributed by atoms with Crippen LogP contribution in [-0.4, -0.2) is 42.0 Å². The summed E-state index contributed by atoms with van der Waals surface area (Å²) >= 11 is 0. The maximum absolute atomic E-state index is 13.5. The van der Waals surface area contributed by atoms with Crippen molar-refractivity contribution in [1.29, 1.82) is 0 Å². The Morgan fingerprint density at radius 3 is 2.34 bits per heavy atom. The van der Waals surface area contributed by atoms with Gasteiger partial charge in [0.2, 0.25) is 5.91 Å². The van der Waals surface area contributed by atoms with Crippen LogP contribution in [0, 0.1) is 12.3 Å². The number of hydrogen-bond donors (Lipinski definition) is 2. The Bertz CT molecular complexity index is 1290. The quantitative estimate of drug-likeness (QED) is 0.519. The van der Waals surface area contributed by atoms with E-state index in [1.165, 1.54) is 11.9 Å². The summed E-state index contributed by atoms with van der Waals surface area (Å²) in [5.74, 6) is 1.66. The molecule has 7 nitrogen and oxygen atoms in total. The van der Waals surface area contributed by atoms with Gasteiger partial charge in [0.05, 0.1) is 0 Å². The number of benzene rings is 3. The lowest BCUT2D eigenvalue weighted by molar-refractivity contribution is -0.136. The number of likely N-dealkylation sites (N-methyl/N-ethyl adjacent to an activating group) is 1. The molecule has 2 N–H and O–H groups in total. The molecule has 0 spiro atoms. The van der Waals surface area contributed by atoms with Crippen molar-refractivity contribution in [2.45, 2.75) is 32.4 Å². The van der Waals surface area contributed by atoms with E-state index in [1.54, 1.807) is 51.1 Å². The van der Waals surface area contributed by atoms with Crippen LogP contribution in [0.5, 0.6) is 0 Å². The highest BCUT2D eigenvalue weighted by Crippen LogP contribution is 2.26. The third-order valence-corrected chi connectivity index (χ3v) is 5.24. The summed E-state index contributed by atoms with van der Waals surface area (Å²) in [5.41, 5.74) is 0.879. The molecular weight excluding hydrogens is 442 g/mol. The average molecular weight is 472 g/mol. The first-order valence-electron chi connectivity index (χ1n) is 11.2. The van der Waals surface area contributed by atoms with Crippen LogP contribution >= 0.6 is 0 Å². The summed E-state index contributed by atoms with van der Waals surface area (Å²) in [6.07, 6.45) is 4.96. The van der Waals surface area contributed by atoms with Crippen molar-refractivity contribution >= 4 is 34.4 Å². The topological polar surface area (TPSA) is 87.7 Å². The molecule has 7 heteroatoms. The van der Waals surface area contributed by atoms with Gasteiger partial charge in [0.1, 0.15) is 18.2 Å². The zero-order chi connectivity index (χ0) is 25.6. The number of ether oxygens (including phenoxy) is 1. The van der Waals surface area contributed by atoms with E-state index in [2.05, 4.69) is 16.6 Å². The first kappa shape index (κ1) is 25.3. The minimum absolute atomic E-state index is 0.344. The van der Waals surface area contributed by atoms with Gasteiger partial charge in [-0.2, -0.15) is 0 Å². The van der Waals surface area contributed by atoms with Crippen LogP contribution in [0.15, 0.2) is 66.7 Å². The molecule has 0 aliphatic rings. The van der Waals surface area contributed by atoms with Gasteiger partial charge >= 0.3 is 6.09 Å². The molecule has 1 atom stereocenters. The fourth-order valence-electron chi connectivity index (χ4n) is 3.60. The lowest BCUT2D eigenvalue weighted by Gasteiger charge is -2.29. The predicted molar refractivity (Wildman–Crippen MR) is 137 cm³/mol. The van der Waals surface area contributed by atoms with Gasteiger partial charge in [-0.25, -0.2) is 4.79 Å². The van der Waals surface area contributed by atoms with E-state index in [0.717, 1.165) is 10.8 Å². The molecule has 3 rings (SSSR count). The lowest BCUT2D eigenvalue weighted by Crippen LogP contribution is -2.44. The number of terminal acetylenes is 1. The minimum Gasteiger partial charge on any atom is -0.444 e. The zero-order valence-electron chi connectivity index (χ0n) is 20.3. The number of carbonyl (C=O) groups is 3. The van der Waals surface area contributed by atoms with Gasteiger partial charge in [-0.3, -0.25) is 9.59 Å². The Morgan fingerprint density at radius 1 is 1.00 bits per heavy atom. The second kappa shape index (κ2) is 10.7. The van der Waals surface area contributed by atoms with Crippen molar-refractivity contribution in [1.82, 2.24) is 10.2 Å². The Morgan fingerprint density at radius 2 is 1.66 bits per heavy atom. The lowest BCUT2D eigenvalue weighted by atomic mass is 9.98. The van der Waals surface area contributed by atoms with Gasteiger partial charge < -0.3 is 20.3 Å². The highest BCUT2D eigenvalue weighted by molar-refractivity contribution is 6.00. The molecule has 0 aliphatic carbocycles. The van der Waals surface area contributed by atoms with E-state index in [1.807, 2.05) is 36.4 Å². The standard InChI is InChI=1S/C28H29N3O4/c1-6-19-11-9-10-14-23(19)25(31(5)24(32)18-29-27(34)35-28(2,3)4)26(33)30-22-16-15-20-12-7-8-13-21(20)17-22/h1,7-17,25H,18H2,2-5H3,(H,29,34)(H,30,33). The molecule has 180 valence electrons. The van der Waals surface area contributed by atoms with E-state index >= 15 is 0 Å². The van der Waals surface area contributed by atoms with Gasteiger partial charge in [-0.1, -0.05) is 54.5 Å². The number of fused-ring (bicyclic) bond motifs is 1. The molecule has 0 saturated heterocycles. The number of nitrogens with zero attached hydrogens (tertiary/aromatic N) is 1. The SMILES string of the molecule is C#Cc1ccccc1C(C(=O)Nc1ccc2ccccc2c1)N(C)C(=O)CNC(=O)OC(C)(C)C. The molecule has 0 radical (unpaired) electrons. The van der Waals surface area contributed by atoms with Gasteiger partial charge in [0.25, 0.3) is 5.91 Å². The molecule has 3 amide bonds. The molecule has 0 heterocycles. The van der Waals surface area contributed by atoms with Gasteiger partial charge in [0.15, 0.2) is 0 Å². The summed E-state index contributed by atoms with van der Waals surface area (Å²) in [4.78, 5) is 39.8. The first-order valence-corrected chi connectivity index (χ1v) is 11.2. The van der Waals surface area contributed by atoms with Crippen LogP contribution in [0.3, 0.4) is 0 Å². The summed E-state index contributed by atoms with van der Waals surface area (Å²) < 4.78 is 5.18. The molecular formula is C28H29N3O4. The smallest absolute Gasteiger partial charge is 0.408 e. The van der Waals surface area contributed by atoms with E-state index in [9.17, 15) is 14.4 Å². The van der Waals surface area contributed by atoms with Crippen molar-refractivity contribution in [3.05, 3.63) is 77.9 Å². The number of anilines is 1. The van der Waals surface area contributed by atoms with E-state index < -0.39 is 29.6 Å². The van der Waals surface area contributed by atoms with Crippen molar-refractivity contribution in [2.24, 2.45) is 0 Å². The average Bonchev–Trinajstić information content (AvgIpc) is 2.81. The second-order valence-corrected chi connectivity index (χ2v) is 9.05. The molecule has 0 saturated carbocycles. The van der Waals surface area contributed by atoms with Crippen molar-refractivity contribution in [3.8, 4) is 12.3 Å². The number of hydrogen-bond acceptors (Lipinski definition) is 4. The van der Waals surface area contributed by atoms with Crippen LogP contribution in [0.2, 0.25) is 0 Å². The third kappa shape index (κ3) is 6.61. The molecule has 3 aromatic rings. The van der Waals surface area contributed by atoms with Crippen LogP contribution in [0.1, 0.15) is 37.9 Å². The van der Waals surface area contributed by atoms with Crippen molar-refractivity contribution in [2.75, 3.05) is 18.9 Å². The maximum atomic E-state index is 13.5. The van der Waals surface area contributed by atoms with E-state index in [4.69, 9.17) is 11.2 Å². The Labute approximate surface area is 205 Å². The van der Waals surface area contributed by atoms with Crippen molar-refractivity contribution in [3.63, 3.8) is 0 Å². The summed E-state index contributed by atoms with van der Waals surface area (Å²) in [6.45, 7) is 4.84. The number of amides is 3. The highest BCUT2D eigenvalue weighted by Gasteiger charge is 2.31. The van der Waals surface area contributed by atoms with Crippen molar-refractivity contribution < 1.29 is 19.1 Å². The zero-order valence-corrected chi connectivity index (χ0v) is 20.3. The fourth-order valence-corrected chi connectivity index (χ4v) is 3.60. The summed E-state index contributed by atoms with van der Waals surface area (Å²) in [5, 5.41) is 7.35. The molecule has 1 unspecified atom stereocenters. The van der Waals surface area contributed by atoms with Gasteiger partial charge in [0, 0.05) is 18.3 Å². The third-order valence-electron chi connectivity index (χ3n) is 5.24. The van der Waals surface area contributed by atoms with Crippen LogP contribution in [-0.2, 0) is 14.3 Å². The van der Waals surface area contributed by atoms with Gasteiger partial charge in [-0.15, -0.1) is 6.42 Å². The molecule has 0 aromatic heterocycles. The Balaban J connectivity index is 1.85. The predicted octanol–water partition coefficient (Wildman–Crippen LogP) is 4.48. The largest absolute Gasteiger partial charge is 0.444 e. The highest BCUT2D eigenvalue weighted by atomic mass is 16.6. The maximum Gasteiger partial charge on any atom is 0.408 e. The van der Waals surface area contributed by atoms with Crippen LogP contribution in [0.25, 0.3) is 10.8 Å². The first-order chi connectivity index (χ1) is 16.6. The normalized spacial score (nSPS) is 11.7. The molecule has 3 aromatic carbocycles. The summed E-state index contributed by atoms with van der Waals surface area (Å²) in [6, 6.07) is 19.3. The minimum atomic E-state index is -1.03. The van der Waals surface area contributed by atoms with E-state index in [-0.39, 0.29) is 6.54 Å². The molecule has 0 aliphatic heterocycles. The fraction of sp³-hybridized carbons (Fsp3) is 0.250. The molecule has 0 bridgehead atoms. The van der Waals surface area contributed by atoms with Gasteiger partial charge in [-0.05, 0) is 55.3 Å². The van der Waals surface area contributed by atoms with Crippen LogP contribution in [0.4, 0.5) is 10.5 Å². The number of alkyl carbamates (subject to hydrolysis) is 1. The molecule has 35 heavy (non-hydrogen) atoms. The number of nitrogens with one attached hydrogen (secondary N) is 2. The van der Waals surface area contributed by atoms with Crippen LogP contribution < -0.4 is 10.6 Å². The number of rotatable bonds is 6. The van der Waals surface area contributed by atoms with E-state index in [0.29, 0.717) is 16.8 Å². The molecule has 0 fully saturated rings. The monoisotopic (exact) mass is 471 g/mol. The Hall–Kier alpha value is -4.31. The second-order valence-electron chi connectivity index (χ2n) is 9.05.